The molecule has 28 heavy (non-hydrogen) atoms. The van der Waals surface area contributed by atoms with E-state index in [1.54, 1.807) is 4.90 Å². The number of fused-ring (bicyclic) bond motifs is 1. The molecule has 2 heterocycles. The molecule has 0 saturated carbocycles. The van der Waals surface area contributed by atoms with Crippen LogP contribution in [0.15, 0.2) is 54.6 Å². The van der Waals surface area contributed by atoms with E-state index in [0.29, 0.717) is 13.1 Å². The third-order valence-corrected chi connectivity index (χ3v) is 5.28. The van der Waals surface area contributed by atoms with Gasteiger partial charge >= 0.3 is 0 Å². The van der Waals surface area contributed by atoms with Gasteiger partial charge in [0.2, 0.25) is 11.8 Å². The molecule has 3 aromatic rings. The van der Waals surface area contributed by atoms with E-state index in [4.69, 9.17) is 0 Å². The Morgan fingerprint density at radius 3 is 2.75 bits per heavy atom. The smallest absolute Gasteiger partial charge is 0.226 e. The van der Waals surface area contributed by atoms with Gasteiger partial charge in [-0.25, -0.2) is 4.98 Å². The number of rotatable bonds is 6. The lowest BCUT2D eigenvalue weighted by molar-refractivity contribution is -0.129. The van der Waals surface area contributed by atoms with E-state index in [2.05, 4.69) is 27.4 Å². The molecule has 1 saturated heterocycles. The largest absolute Gasteiger partial charge is 0.346 e. The van der Waals surface area contributed by atoms with Gasteiger partial charge in [-0.2, -0.15) is 0 Å². The Hall–Kier alpha value is -3.15. The van der Waals surface area contributed by atoms with Gasteiger partial charge in [-0.05, 0) is 31.0 Å². The van der Waals surface area contributed by atoms with Crippen molar-refractivity contribution in [1.29, 1.82) is 0 Å². The summed E-state index contributed by atoms with van der Waals surface area (Å²) in [6.07, 6.45) is 1.07. The first-order valence-electron chi connectivity index (χ1n) is 9.67. The topological polar surface area (TPSA) is 78.1 Å². The molecule has 0 spiro atoms. The van der Waals surface area contributed by atoms with Crippen molar-refractivity contribution in [2.45, 2.75) is 25.8 Å². The quantitative estimate of drug-likeness (QED) is 0.694. The van der Waals surface area contributed by atoms with E-state index < -0.39 is 0 Å². The van der Waals surface area contributed by atoms with Gasteiger partial charge in [0, 0.05) is 19.5 Å². The Bertz CT molecular complexity index is 949. The maximum Gasteiger partial charge on any atom is 0.226 e. The molecule has 2 amide bonds. The van der Waals surface area contributed by atoms with Crippen molar-refractivity contribution in [3.63, 3.8) is 0 Å². The summed E-state index contributed by atoms with van der Waals surface area (Å²) in [4.78, 5) is 34.6. The minimum atomic E-state index is -0.310. The Morgan fingerprint density at radius 1 is 1.21 bits per heavy atom. The highest BCUT2D eigenvalue weighted by Gasteiger charge is 2.34. The van der Waals surface area contributed by atoms with Crippen LogP contribution in [0.4, 0.5) is 0 Å². The molecular formula is C22H24N4O2. The SMILES string of the molecule is C[C@H](NC(=O)[C@@H]1CC(=O)N(CCc2ccccc2)C1)c1nc2ccccc2[nH]1. The summed E-state index contributed by atoms with van der Waals surface area (Å²) in [5, 5.41) is 3.00. The van der Waals surface area contributed by atoms with Crippen LogP contribution in [-0.2, 0) is 16.0 Å². The number of amides is 2. The second-order valence-electron chi connectivity index (χ2n) is 7.35. The highest BCUT2D eigenvalue weighted by molar-refractivity contribution is 5.89. The number of H-pyrrole nitrogens is 1. The lowest BCUT2D eigenvalue weighted by atomic mass is 10.1. The third kappa shape index (κ3) is 3.91. The number of carbonyl (C=O) groups is 2. The molecule has 2 aromatic carbocycles. The van der Waals surface area contributed by atoms with Crippen LogP contribution in [0.2, 0.25) is 0 Å². The number of hydrogen-bond donors (Lipinski definition) is 2. The summed E-state index contributed by atoms with van der Waals surface area (Å²) in [6.45, 7) is 3.02. The van der Waals surface area contributed by atoms with Gasteiger partial charge in [0.05, 0.1) is 23.0 Å². The van der Waals surface area contributed by atoms with Crippen molar-refractivity contribution in [3.8, 4) is 0 Å². The van der Waals surface area contributed by atoms with Gasteiger partial charge in [-0.1, -0.05) is 42.5 Å². The van der Waals surface area contributed by atoms with Crippen LogP contribution < -0.4 is 5.32 Å². The first kappa shape index (κ1) is 18.2. The lowest BCUT2D eigenvalue weighted by Crippen LogP contribution is -2.35. The van der Waals surface area contributed by atoms with Crippen molar-refractivity contribution in [2.75, 3.05) is 13.1 Å². The first-order chi connectivity index (χ1) is 13.6. The van der Waals surface area contributed by atoms with E-state index in [1.165, 1.54) is 5.56 Å². The van der Waals surface area contributed by atoms with Crippen molar-refractivity contribution >= 4 is 22.8 Å². The number of aromatic nitrogens is 2. The van der Waals surface area contributed by atoms with Gasteiger partial charge < -0.3 is 15.2 Å². The Kier molecular flexibility index (Phi) is 5.10. The summed E-state index contributed by atoms with van der Waals surface area (Å²) in [5.41, 5.74) is 3.02. The number of hydrogen-bond acceptors (Lipinski definition) is 3. The number of benzene rings is 2. The fourth-order valence-corrected chi connectivity index (χ4v) is 3.65. The molecule has 1 aromatic heterocycles. The van der Waals surface area contributed by atoms with Gasteiger partial charge in [0.15, 0.2) is 0 Å². The van der Waals surface area contributed by atoms with Crippen LogP contribution in [0.1, 0.15) is 30.8 Å². The summed E-state index contributed by atoms with van der Waals surface area (Å²) < 4.78 is 0. The third-order valence-electron chi connectivity index (χ3n) is 5.28. The molecule has 4 rings (SSSR count). The van der Waals surface area contributed by atoms with Crippen LogP contribution in [0.3, 0.4) is 0 Å². The zero-order chi connectivity index (χ0) is 19.5. The summed E-state index contributed by atoms with van der Waals surface area (Å²) in [6, 6.07) is 17.6. The molecule has 1 aliphatic heterocycles. The standard InChI is InChI=1S/C22H24N4O2/c1-15(21-24-18-9-5-6-10-19(18)25-21)23-22(28)17-13-20(27)26(14-17)12-11-16-7-3-2-4-8-16/h2-10,15,17H,11-14H2,1H3,(H,23,28)(H,24,25)/t15-,17+/m0/s1. The molecule has 1 aliphatic rings. The number of carbonyl (C=O) groups excluding carboxylic acids is 2. The number of imidazole rings is 1. The maximum absolute atomic E-state index is 12.7. The summed E-state index contributed by atoms with van der Waals surface area (Å²) in [5.74, 6) is 0.367. The Balaban J connectivity index is 1.33. The summed E-state index contributed by atoms with van der Waals surface area (Å²) >= 11 is 0. The zero-order valence-corrected chi connectivity index (χ0v) is 15.9. The predicted octanol–water partition coefficient (Wildman–Crippen LogP) is 2.83. The van der Waals surface area contributed by atoms with E-state index >= 15 is 0 Å². The molecule has 6 heteroatoms. The maximum atomic E-state index is 12.7. The van der Waals surface area contributed by atoms with Gasteiger partial charge in [-0.3, -0.25) is 9.59 Å². The second-order valence-corrected chi connectivity index (χ2v) is 7.35. The minimum Gasteiger partial charge on any atom is -0.346 e. The highest BCUT2D eigenvalue weighted by atomic mass is 16.2. The van der Waals surface area contributed by atoms with Crippen LogP contribution in [0.25, 0.3) is 11.0 Å². The number of nitrogens with zero attached hydrogens (tertiary/aromatic N) is 2. The number of aromatic amines is 1. The highest BCUT2D eigenvalue weighted by Crippen LogP contribution is 2.21. The molecule has 1 fully saturated rings. The fourth-order valence-electron chi connectivity index (χ4n) is 3.65. The van der Waals surface area contributed by atoms with Crippen LogP contribution in [0, 0.1) is 5.92 Å². The monoisotopic (exact) mass is 376 g/mol. The molecule has 144 valence electrons. The molecule has 2 N–H and O–H groups in total. The van der Waals surface area contributed by atoms with Crippen LogP contribution in [0.5, 0.6) is 0 Å². The van der Waals surface area contributed by atoms with Crippen molar-refractivity contribution in [2.24, 2.45) is 5.92 Å². The van der Waals surface area contributed by atoms with E-state index in [9.17, 15) is 9.59 Å². The van der Waals surface area contributed by atoms with E-state index in [0.717, 1.165) is 23.3 Å². The van der Waals surface area contributed by atoms with Crippen molar-refractivity contribution in [3.05, 3.63) is 66.0 Å². The molecule has 6 nitrogen and oxygen atoms in total. The average Bonchev–Trinajstić information content (AvgIpc) is 3.31. The van der Waals surface area contributed by atoms with Gasteiger partial charge in [0.1, 0.15) is 5.82 Å². The van der Waals surface area contributed by atoms with E-state index in [1.807, 2.05) is 49.4 Å². The summed E-state index contributed by atoms with van der Waals surface area (Å²) in [7, 11) is 0. The first-order valence-corrected chi connectivity index (χ1v) is 9.67. The minimum absolute atomic E-state index is 0.0486. The van der Waals surface area contributed by atoms with Crippen LogP contribution >= 0.6 is 0 Å². The van der Waals surface area contributed by atoms with Crippen molar-refractivity contribution < 1.29 is 9.59 Å². The Labute approximate surface area is 164 Å². The molecule has 2 atom stereocenters. The lowest BCUT2D eigenvalue weighted by Gasteiger charge is -2.18. The second kappa shape index (κ2) is 7.84. The fraction of sp³-hybridized carbons (Fsp3) is 0.318. The number of para-hydroxylation sites is 2. The van der Waals surface area contributed by atoms with E-state index in [-0.39, 0.29) is 30.2 Å². The average molecular weight is 376 g/mol. The normalized spacial score (nSPS) is 17.8. The van der Waals surface area contributed by atoms with Gasteiger partial charge in [0.25, 0.3) is 0 Å². The number of nitrogens with one attached hydrogen (secondary N) is 2. The zero-order valence-electron chi connectivity index (χ0n) is 15.9. The molecular weight excluding hydrogens is 352 g/mol. The molecule has 0 unspecified atom stereocenters. The molecule has 0 radical (unpaired) electrons. The molecule has 0 aliphatic carbocycles. The Morgan fingerprint density at radius 2 is 1.96 bits per heavy atom. The number of likely N-dealkylation sites (tertiary alicyclic amines) is 1. The molecule has 0 bridgehead atoms. The van der Waals surface area contributed by atoms with Crippen LogP contribution in [-0.4, -0.2) is 39.8 Å². The predicted molar refractivity (Wildman–Crippen MR) is 107 cm³/mol. The van der Waals surface area contributed by atoms with Crippen molar-refractivity contribution in [1.82, 2.24) is 20.2 Å². The van der Waals surface area contributed by atoms with Gasteiger partial charge in [-0.15, -0.1) is 0 Å².